The molecule has 0 saturated carbocycles. The summed E-state index contributed by atoms with van der Waals surface area (Å²) in [7, 11) is -3.56. The second-order valence-corrected chi connectivity index (χ2v) is 5.92. The molecule has 2 aromatic carbocycles. The number of halogens is 1. The standard InChI is InChI=1S/C14H14FNO2S/c1-11(12-7-9-13(15)10-8-12)16-19(17,18)14-5-3-2-4-6-14/h2-11,16H,1H3. The largest absolute Gasteiger partial charge is 0.241 e. The molecule has 0 bridgehead atoms. The maximum atomic E-state index is 12.8. The lowest BCUT2D eigenvalue weighted by Gasteiger charge is -2.14. The van der Waals surface area contributed by atoms with Crippen molar-refractivity contribution < 1.29 is 12.8 Å². The Morgan fingerprint density at radius 2 is 1.58 bits per heavy atom. The molecule has 3 nitrogen and oxygen atoms in total. The summed E-state index contributed by atoms with van der Waals surface area (Å²) in [5.41, 5.74) is 0.709. The molecule has 0 amide bonds. The van der Waals surface area contributed by atoms with E-state index >= 15 is 0 Å². The van der Waals surface area contributed by atoms with E-state index in [-0.39, 0.29) is 10.7 Å². The van der Waals surface area contributed by atoms with E-state index in [1.54, 1.807) is 37.3 Å². The first kappa shape index (κ1) is 13.7. The van der Waals surface area contributed by atoms with Gasteiger partial charge in [-0.3, -0.25) is 0 Å². The predicted octanol–water partition coefficient (Wildman–Crippen LogP) is 2.87. The molecular weight excluding hydrogens is 265 g/mol. The van der Waals surface area contributed by atoms with Crippen LogP contribution in [-0.4, -0.2) is 8.42 Å². The highest BCUT2D eigenvalue weighted by molar-refractivity contribution is 7.89. The molecule has 0 spiro atoms. The van der Waals surface area contributed by atoms with Crippen LogP contribution in [0.15, 0.2) is 59.5 Å². The van der Waals surface area contributed by atoms with Gasteiger partial charge in [0, 0.05) is 6.04 Å². The van der Waals surface area contributed by atoms with Crippen molar-refractivity contribution in [2.75, 3.05) is 0 Å². The van der Waals surface area contributed by atoms with Gasteiger partial charge in [0.05, 0.1) is 4.90 Å². The normalized spacial score (nSPS) is 13.2. The summed E-state index contributed by atoms with van der Waals surface area (Å²) in [6.45, 7) is 1.72. The van der Waals surface area contributed by atoms with E-state index in [1.165, 1.54) is 24.3 Å². The zero-order valence-electron chi connectivity index (χ0n) is 10.4. The summed E-state index contributed by atoms with van der Waals surface area (Å²) < 4.78 is 39.6. The molecule has 0 aliphatic carbocycles. The number of hydrogen-bond acceptors (Lipinski definition) is 2. The van der Waals surface area contributed by atoms with Crippen molar-refractivity contribution in [1.82, 2.24) is 4.72 Å². The number of rotatable bonds is 4. The molecule has 2 rings (SSSR count). The summed E-state index contributed by atoms with van der Waals surface area (Å²) in [5.74, 6) is -0.345. The molecule has 1 N–H and O–H groups in total. The predicted molar refractivity (Wildman–Crippen MR) is 71.6 cm³/mol. The summed E-state index contributed by atoms with van der Waals surface area (Å²) >= 11 is 0. The Balaban J connectivity index is 2.19. The van der Waals surface area contributed by atoms with Crippen LogP contribution in [0.5, 0.6) is 0 Å². The molecule has 0 aromatic heterocycles. The third-order valence-corrected chi connectivity index (χ3v) is 4.31. The van der Waals surface area contributed by atoms with E-state index in [0.29, 0.717) is 5.56 Å². The Labute approximate surface area is 112 Å². The lowest BCUT2D eigenvalue weighted by molar-refractivity contribution is 0.566. The van der Waals surface area contributed by atoms with Gasteiger partial charge in [0.15, 0.2) is 0 Å². The fourth-order valence-electron chi connectivity index (χ4n) is 1.72. The molecule has 0 heterocycles. The first-order valence-electron chi connectivity index (χ1n) is 5.82. The molecule has 1 unspecified atom stereocenters. The van der Waals surface area contributed by atoms with Crippen LogP contribution < -0.4 is 4.72 Å². The van der Waals surface area contributed by atoms with Crippen LogP contribution in [0.25, 0.3) is 0 Å². The van der Waals surface area contributed by atoms with Gasteiger partial charge in [0.25, 0.3) is 0 Å². The van der Waals surface area contributed by atoms with Crippen LogP contribution >= 0.6 is 0 Å². The van der Waals surface area contributed by atoms with Crippen LogP contribution in [0.1, 0.15) is 18.5 Å². The summed E-state index contributed by atoms with van der Waals surface area (Å²) in [4.78, 5) is 0.212. The molecule has 0 radical (unpaired) electrons. The zero-order valence-corrected chi connectivity index (χ0v) is 11.2. The zero-order chi connectivity index (χ0) is 13.9. The van der Waals surface area contributed by atoms with Crippen LogP contribution in [-0.2, 0) is 10.0 Å². The highest BCUT2D eigenvalue weighted by Gasteiger charge is 2.17. The van der Waals surface area contributed by atoms with E-state index in [1.807, 2.05) is 0 Å². The van der Waals surface area contributed by atoms with Gasteiger partial charge in [-0.2, -0.15) is 0 Å². The van der Waals surface area contributed by atoms with Crippen LogP contribution in [0, 0.1) is 5.82 Å². The molecule has 100 valence electrons. The van der Waals surface area contributed by atoms with E-state index in [2.05, 4.69) is 4.72 Å². The SMILES string of the molecule is CC(NS(=O)(=O)c1ccccc1)c1ccc(F)cc1. The molecule has 2 aromatic rings. The molecule has 0 aliphatic heterocycles. The maximum absolute atomic E-state index is 12.8. The average molecular weight is 279 g/mol. The van der Waals surface area contributed by atoms with E-state index < -0.39 is 16.1 Å². The van der Waals surface area contributed by atoms with Crippen molar-refractivity contribution in [2.24, 2.45) is 0 Å². The first-order valence-corrected chi connectivity index (χ1v) is 7.30. The first-order chi connectivity index (χ1) is 8.99. The van der Waals surface area contributed by atoms with Gasteiger partial charge in [-0.1, -0.05) is 30.3 Å². The van der Waals surface area contributed by atoms with E-state index in [9.17, 15) is 12.8 Å². The highest BCUT2D eigenvalue weighted by atomic mass is 32.2. The Hall–Kier alpha value is -1.72. The van der Waals surface area contributed by atoms with Crippen molar-refractivity contribution in [3.8, 4) is 0 Å². The lowest BCUT2D eigenvalue weighted by Crippen LogP contribution is -2.26. The van der Waals surface area contributed by atoms with Crippen LogP contribution in [0.2, 0.25) is 0 Å². The van der Waals surface area contributed by atoms with Gasteiger partial charge in [-0.15, -0.1) is 0 Å². The average Bonchev–Trinajstić information content (AvgIpc) is 2.40. The minimum Gasteiger partial charge on any atom is -0.207 e. The van der Waals surface area contributed by atoms with Gasteiger partial charge in [0.2, 0.25) is 10.0 Å². The van der Waals surface area contributed by atoms with Gasteiger partial charge in [0.1, 0.15) is 5.82 Å². The van der Waals surface area contributed by atoms with Gasteiger partial charge >= 0.3 is 0 Å². The minimum atomic E-state index is -3.56. The Bertz CT molecular complexity index is 639. The van der Waals surface area contributed by atoms with Crippen molar-refractivity contribution in [3.63, 3.8) is 0 Å². The Morgan fingerprint density at radius 1 is 1.00 bits per heavy atom. The highest BCUT2D eigenvalue weighted by Crippen LogP contribution is 2.17. The van der Waals surface area contributed by atoms with E-state index in [0.717, 1.165) is 0 Å². The fourth-order valence-corrected chi connectivity index (χ4v) is 2.97. The van der Waals surface area contributed by atoms with Gasteiger partial charge in [-0.05, 0) is 36.8 Å². The summed E-state index contributed by atoms with van der Waals surface area (Å²) in [6, 6.07) is 13.5. The number of benzene rings is 2. The number of hydrogen-bond donors (Lipinski definition) is 1. The van der Waals surface area contributed by atoms with Crippen LogP contribution in [0.3, 0.4) is 0 Å². The summed E-state index contributed by atoms with van der Waals surface area (Å²) in [5, 5.41) is 0. The van der Waals surface area contributed by atoms with E-state index in [4.69, 9.17) is 0 Å². The Kier molecular flexibility index (Phi) is 3.97. The minimum absolute atomic E-state index is 0.212. The molecule has 0 fully saturated rings. The molecule has 1 atom stereocenters. The third kappa shape index (κ3) is 3.39. The lowest BCUT2D eigenvalue weighted by atomic mass is 10.1. The number of sulfonamides is 1. The fraction of sp³-hybridized carbons (Fsp3) is 0.143. The molecule has 5 heteroatoms. The quantitative estimate of drug-likeness (QED) is 0.935. The molecular formula is C14H14FNO2S. The van der Waals surface area contributed by atoms with Crippen LogP contribution in [0.4, 0.5) is 4.39 Å². The van der Waals surface area contributed by atoms with Crippen molar-refractivity contribution in [3.05, 3.63) is 66.0 Å². The molecule has 19 heavy (non-hydrogen) atoms. The van der Waals surface area contributed by atoms with Crippen molar-refractivity contribution in [2.45, 2.75) is 17.9 Å². The Morgan fingerprint density at radius 3 is 2.16 bits per heavy atom. The van der Waals surface area contributed by atoms with Crippen molar-refractivity contribution >= 4 is 10.0 Å². The summed E-state index contributed by atoms with van der Waals surface area (Å²) in [6.07, 6.45) is 0. The smallest absolute Gasteiger partial charge is 0.207 e. The van der Waals surface area contributed by atoms with Gasteiger partial charge < -0.3 is 0 Å². The molecule has 0 aliphatic rings. The third-order valence-electron chi connectivity index (χ3n) is 2.76. The molecule has 0 saturated heterocycles. The second kappa shape index (κ2) is 5.50. The maximum Gasteiger partial charge on any atom is 0.241 e. The monoisotopic (exact) mass is 279 g/mol. The van der Waals surface area contributed by atoms with Crippen molar-refractivity contribution in [1.29, 1.82) is 0 Å². The van der Waals surface area contributed by atoms with Gasteiger partial charge in [-0.25, -0.2) is 17.5 Å². The second-order valence-electron chi connectivity index (χ2n) is 4.21. The topological polar surface area (TPSA) is 46.2 Å². The number of nitrogens with one attached hydrogen (secondary N) is 1.